The number of halogens is 3. The molecule has 3 aromatic rings. The van der Waals surface area contributed by atoms with Gasteiger partial charge in [-0.1, -0.05) is 24.8 Å². The maximum absolute atomic E-state index is 16.8. The molecule has 0 bridgehead atoms. The highest BCUT2D eigenvalue weighted by atomic mass is 19.1. The zero-order valence-corrected chi connectivity index (χ0v) is 25.5. The van der Waals surface area contributed by atoms with Crippen molar-refractivity contribution in [3.05, 3.63) is 59.7 Å². The Bertz CT molecular complexity index is 1810. The van der Waals surface area contributed by atoms with E-state index in [9.17, 15) is 14.4 Å². The number of hydrogen-bond donors (Lipinski definition) is 0. The third-order valence-electron chi connectivity index (χ3n) is 10.9. The van der Waals surface area contributed by atoms with E-state index in [4.69, 9.17) is 9.72 Å². The summed E-state index contributed by atoms with van der Waals surface area (Å²) in [6, 6.07) is 8.59. The van der Waals surface area contributed by atoms with Gasteiger partial charge in [0, 0.05) is 38.0 Å². The number of carbonyl (C=O) groups excluding carboxylic acids is 1. The normalized spacial score (nSPS) is 28.1. The summed E-state index contributed by atoms with van der Waals surface area (Å²) >= 11 is 0. The van der Waals surface area contributed by atoms with Crippen molar-refractivity contribution >= 4 is 22.6 Å². The van der Waals surface area contributed by atoms with Gasteiger partial charge in [-0.05, 0) is 72.9 Å². The Morgan fingerprint density at radius 3 is 2.91 bits per heavy atom. The van der Waals surface area contributed by atoms with Crippen LogP contribution >= 0.6 is 0 Å². The van der Waals surface area contributed by atoms with Crippen LogP contribution in [0.5, 0.6) is 6.01 Å². The third-order valence-corrected chi connectivity index (χ3v) is 10.9. The predicted molar refractivity (Wildman–Crippen MR) is 166 cm³/mol. The fourth-order valence-corrected chi connectivity index (χ4v) is 8.65. The summed E-state index contributed by atoms with van der Waals surface area (Å²) in [5.41, 5.74) is 2.10. The Morgan fingerprint density at radius 1 is 1.22 bits per heavy atom. The number of rotatable bonds is 7. The van der Waals surface area contributed by atoms with Gasteiger partial charge in [0.1, 0.15) is 29.9 Å². The molecule has 0 unspecified atom stereocenters. The van der Waals surface area contributed by atoms with Gasteiger partial charge in [-0.25, -0.2) is 13.2 Å². The molecule has 3 saturated heterocycles. The third kappa shape index (κ3) is 4.63. The quantitative estimate of drug-likeness (QED) is 0.328. The Balaban J connectivity index is 1.23. The molecule has 1 aromatic heterocycles. The van der Waals surface area contributed by atoms with E-state index in [0.717, 1.165) is 43.4 Å². The molecule has 2 aliphatic carbocycles. The molecule has 238 valence electrons. The van der Waals surface area contributed by atoms with Crippen molar-refractivity contribution in [1.29, 1.82) is 5.26 Å². The first kappa shape index (κ1) is 29.2. The van der Waals surface area contributed by atoms with E-state index >= 15 is 8.78 Å². The lowest BCUT2D eigenvalue weighted by atomic mass is 9.93. The number of ether oxygens (including phenoxy) is 1. The number of nitrogens with zero attached hydrogens (tertiary/aromatic N) is 6. The summed E-state index contributed by atoms with van der Waals surface area (Å²) in [6.07, 6.45) is 4.39. The Hall–Kier alpha value is -4.17. The highest BCUT2D eigenvalue weighted by Crippen LogP contribution is 2.59. The van der Waals surface area contributed by atoms with E-state index in [0.29, 0.717) is 36.9 Å². The van der Waals surface area contributed by atoms with Crippen molar-refractivity contribution in [3.8, 4) is 23.2 Å². The second-order valence-electron chi connectivity index (χ2n) is 13.5. The highest BCUT2D eigenvalue weighted by molar-refractivity contribution is 5.95. The molecule has 2 aromatic carbocycles. The van der Waals surface area contributed by atoms with Crippen molar-refractivity contribution in [1.82, 2.24) is 19.8 Å². The van der Waals surface area contributed by atoms with E-state index < -0.39 is 29.4 Å². The topological polar surface area (TPSA) is 85.6 Å². The molecule has 0 spiro atoms. The molecule has 5 aliphatic rings. The summed E-state index contributed by atoms with van der Waals surface area (Å²) in [4.78, 5) is 27.4. The fourth-order valence-electron chi connectivity index (χ4n) is 8.65. The molecule has 5 atom stereocenters. The number of aromatic nitrogens is 2. The molecule has 46 heavy (non-hydrogen) atoms. The van der Waals surface area contributed by atoms with Gasteiger partial charge in [0.2, 0.25) is 5.91 Å². The average Bonchev–Trinajstić information content (AvgIpc) is 3.37. The Kier molecular flexibility index (Phi) is 6.98. The minimum absolute atomic E-state index is 0.0589. The molecule has 8 rings (SSSR count). The number of piperazine rings is 1. The number of fused-ring (bicyclic) bond motifs is 5. The van der Waals surface area contributed by atoms with Gasteiger partial charge in [0.15, 0.2) is 5.82 Å². The van der Waals surface area contributed by atoms with Crippen molar-refractivity contribution in [2.75, 3.05) is 44.2 Å². The summed E-state index contributed by atoms with van der Waals surface area (Å²) in [5.74, 6) is -0.621. The molecule has 11 heteroatoms. The van der Waals surface area contributed by atoms with Crippen molar-refractivity contribution < 1.29 is 22.7 Å². The van der Waals surface area contributed by atoms with E-state index in [-0.39, 0.29) is 60.3 Å². The fraction of sp³-hybridized carbons (Fsp3) is 0.486. The van der Waals surface area contributed by atoms with E-state index in [2.05, 4.69) is 22.5 Å². The molecule has 0 radical (unpaired) electrons. The van der Waals surface area contributed by atoms with Crippen LogP contribution in [0.25, 0.3) is 22.0 Å². The number of nitriles is 1. The second-order valence-corrected chi connectivity index (χ2v) is 13.5. The number of hydrogen-bond acceptors (Lipinski definition) is 7. The van der Waals surface area contributed by atoms with Crippen LogP contribution in [0.4, 0.5) is 19.0 Å². The van der Waals surface area contributed by atoms with Crippen LogP contribution in [0, 0.1) is 28.9 Å². The molecule has 0 N–H and O–H groups in total. The van der Waals surface area contributed by atoms with Gasteiger partial charge in [0.25, 0.3) is 0 Å². The number of benzene rings is 2. The minimum atomic E-state index is -0.940. The number of amides is 1. The monoisotopic (exact) mass is 628 g/mol. The van der Waals surface area contributed by atoms with Gasteiger partial charge in [0.05, 0.1) is 29.6 Å². The lowest BCUT2D eigenvalue weighted by Gasteiger charge is -2.41. The van der Waals surface area contributed by atoms with Crippen molar-refractivity contribution in [3.63, 3.8) is 0 Å². The standard InChI is InChI=1S/C35H35F3N6O2/c1-2-28(45)44-12-11-42(18-23(44)7-9-39)33-26-15-27(37)30(24-6-3-5-20-13-21-14-25(21)29(20)24)31(38)32(26)40-34(41-33)46-19-35-8-4-10-43(35)17-22(36)16-35/h2-3,5-6,15,21-23,25H,1,4,7-8,10-14,16-19H2/t21-,22-,23+,25+,35+/m1/s1. The molecular weight excluding hydrogens is 593 g/mol. The SMILES string of the molecule is C=CC(=O)N1CCN(c2nc(OC[C@@]34CCCN3C[C@H](F)C4)nc3c(F)c(-c4cccc5c4[C@H]4C[C@H]4C5)c(F)cc23)C[C@@H]1CC#N. The van der Waals surface area contributed by atoms with Gasteiger partial charge in [-0.3, -0.25) is 9.69 Å². The largest absolute Gasteiger partial charge is 0.461 e. The molecular formula is C35H35F3N6O2. The predicted octanol–water partition coefficient (Wildman–Crippen LogP) is 5.31. The first-order valence-corrected chi connectivity index (χ1v) is 16.2. The highest BCUT2D eigenvalue weighted by Gasteiger charge is 2.50. The zero-order valence-electron chi connectivity index (χ0n) is 25.5. The molecule has 1 amide bonds. The van der Waals surface area contributed by atoms with Gasteiger partial charge in [-0.2, -0.15) is 15.2 Å². The molecule has 8 nitrogen and oxygen atoms in total. The lowest BCUT2D eigenvalue weighted by Crippen LogP contribution is -2.55. The maximum atomic E-state index is 16.8. The van der Waals surface area contributed by atoms with Crippen LogP contribution < -0.4 is 9.64 Å². The van der Waals surface area contributed by atoms with Crippen LogP contribution in [0.3, 0.4) is 0 Å². The van der Waals surface area contributed by atoms with Gasteiger partial charge >= 0.3 is 6.01 Å². The number of alkyl halides is 1. The number of anilines is 1. The van der Waals surface area contributed by atoms with Crippen molar-refractivity contribution in [2.24, 2.45) is 5.92 Å². The second kappa shape index (κ2) is 11.0. The van der Waals surface area contributed by atoms with Crippen LogP contribution in [-0.2, 0) is 11.2 Å². The first-order chi connectivity index (χ1) is 22.3. The molecule has 4 heterocycles. The van der Waals surface area contributed by atoms with Crippen molar-refractivity contribution in [2.45, 2.75) is 62.2 Å². The lowest BCUT2D eigenvalue weighted by molar-refractivity contribution is -0.128. The smallest absolute Gasteiger partial charge is 0.319 e. The minimum Gasteiger partial charge on any atom is -0.461 e. The van der Waals surface area contributed by atoms with Crippen LogP contribution in [0.2, 0.25) is 0 Å². The maximum Gasteiger partial charge on any atom is 0.319 e. The molecule has 3 aliphatic heterocycles. The van der Waals surface area contributed by atoms with E-state index in [1.807, 2.05) is 17.0 Å². The molecule has 4 fully saturated rings. The summed E-state index contributed by atoms with van der Waals surface area (Å²) < 4.78 is 53.7. The van der Waals surface area contributed by atoms with Crippen LogP contribution in [0.1, 0.15) is 49.1 Å². The summed E-state index contributed by atoms with van der Waals surface area (Å²) in [7, 11) is 0. The summed E-state index contributed by atoms with van der Waals surface area (Å²) in [6.45, 7) is 5.71. The summed E-state index contributed by atoms with van der Waals surface area (Å²) in [5, 5.41) is 9.71. The number of carbonyl (C=O) groups is 1. The van der Waals surface area contributed by atoms with E-state index in [1.165, 1.54) is 12.1 Å². The van der Waals surface area contributed by atoms with Gasteiger partial charge in [-0.15, -0.1) is 0 Å². The Morgan fingerprint density at radius 2 is 2.09 bits per heavy atom. The zero-order chi connectivity index (χ0) is 31.7. The van der Waals surface area contributed by atoms with Crippen LogP contribution in [0.15, 0.2) is 36.9 Å². The first-order valence-electron chi connectivity index (χ1n) is 16.2. The van der Waals surface area contributed by atoms with Gasteiger partial charge < -0.3 is 14.5 Å². The van der Waals surface area contributed by atoms with E-state index in [1.54, 1.807) is 11.0 Å². The Labute approximate surface area is 265 Å². The van der Waals surface area contributed by atoms with Crippen LogP contribution in [-0.4, -0.2) is 82.8 Å². The average molecular weight is 629 g/mol. The molecule has 1 saturated carbocycles.